The number of hydrogen-bond acceptors (Lipinski definition) is 0. The Morgan fingerprint density at radius 3 is 1.71 bits per heavy atom. The van der Waals surface area contributed by atoms with Crippen molar-refractivity contribution in [2.75, 3.05) is 0 Å². The smallest absolute Gasteiger partial charge is 0 e. The van der Waals surface area contributed by atoms with Crippen molar-refractivity contribution in [2.24, 2.45) is 0 Å². The third kappa shape index (κ3) is 0.723. The van der Waals surface area contributed by atoms with Crippen LogP contribution in [0.3, 0.4) is 0 Å². The molecule has 1 nitrogen and oxygen atoms in total. The Kier molecular flexibility index (Phi) is 1.14. The second kappa shape index (κ2) is 1.55. The molecule has 7 heavy (non-hydrogen) atoms. The monoisotopic (exact) mass is 347 g/mol. The van der Waals surface area contributed by atoms with Gasteiger partial charge in [0.2, 0.25) is 0 Å². The Morgan fingerprint density at radius 2 is 1.57 bits per heavy atom. The summed E-state index contributed by atoms with van der Waals surface area (Å²) in [6.45, 7) is 0. The number of hydrogen-bond donors (Lipinski definition) is 0. The van der Waals surface area contributed by atoms with Crippen molar-refractivity contribution < 1.29 is 0 Å². The molecule has 0 N–H and O–H groups in total. The molecule has 0 aromatic carbocycles. The quantitative estimate of drug-likeness (QED) is 0.620. The zero-order valence-corrected chi connectivity index (χ0v) is 10.6. The summed E-state index contributed by atoms with van der Waals surface area (Å²) in [4.78, 5) is 0. The minimum absolute atomic E-state index is 0. The zero-order valence-electron chi connectivity index (χ0n) is 4.17. The fraction of sp³-hybridized carbons (Fsp3) is 0. The number of rotatable bonds is 0. The van der Waals surface area contributed by atoms with E-state index in [1.165, 1.54) is 0 Å². The normalized spacial score (nSPS) is 7.43. The molecule has 0 atom stereocenters. The van der Waals surface area contributed by atoms with E-state index >= 15 is 0 Å². The van der Waals surface area contributed by atoms with E-state index in [4.69, 9.17) is 0 Å². The first-order valence-electron chi connectivity index (χ1n) is 1.83. The van der Waals surface area contributed by atoms with Gasteiger partial charge in [0, 0.05) is 0 Å². The van der Waals surface area contributed by atoms with Gasteiger partial charge in [0.1, 0.15) is 0 Å². The van der Waals surface area contributed by atoms with Crippen molar-refractivity contribution in [3.63, 3.8) is 0 Å². The molecule has 1 rings (SSSR count). The van der Waals surface area contributed by atoms with Gasteiger partial charge < -0.3 is 4.57 Å². The van der Waals surface area contributed by atoms with Gasteiger partial charge in [-0.1, -0.05) is 0 Å². The van der Waals surface area contributed by atoms with Crippen LogP contribution < -0.4 is 0 Å². The van der Waals surface area contributed by atoms with Gasteiger partial charge in [-0.15, -0.1) is 31.6 Å². The molecule has 1 heterocycles. The molecule has 2 heteroatoms. The summed E-state index contributed by atoms with van der Waals surface area (Å²) in [6, 6.07) is 3.88. The molecule has 1 aromatic heterocycles. The van der Waals surface area contributed by atoms with Crippen LogP contribution in [-0.2, 0) is 0 Å². The maximum atomic E-state index is 3.60. The molecule has 0 bridgehead atoms. The third-order valence-corrected chi connectivity index (χ3v) is 0.666. The maximum Gasteiger partial charge on any atom is 0 e. The minimum Gasteiger partial charge on any atom is -0.493 e. The van der Waals surface area contributed by atoms with E-state index in [9.17, 15) is 0 Å². The molecule has 1 aromatic rings. The van der Waals surface area contributed by atoms with Crippen LogP contribution in [0.5, 0.6) is 0 Å². The van der Waals surface area contributed by atoms with Crippen LogP contribution in [0.2, 0.25) is 0 Å². The summed E-state index contributed by atoms with van der Waals surface area (Å²) >= 11 is 0. The van der Waals surface area contributed by atoms with Gasteiger partial charge in [-0.05, 0) is 0 Å². The minimum atomic E-state index is 0. The van der Waals surface area contributed by atoms with Crippen molar-refractivity contribution in [2.45, 2.75) is 0 Å². The van der Waals surface area contributed by atoms with Crippen molar-refractivity contribution >= 4 is 0 Å². The first-order valence-corrected chi connectivity index (χ1v) is 1.83. The SMILES string of the molecule is [CH2-]n1cccc1.[Rf]. The molecule has 0 aliphatic carbocycles. The maximum absolute atomic E-state index is 3.60. The van der Waals surface area contributed by atoms with Crippen LogP contribution in [0.1, 0.15) is 0 Å². The molecule has 0 fully saturated rings. The second-order valence-electron chi connectivity index (χ2n) is 1.20. The van der Waals surface area contributed by atoms with E-state index in [0.717, 1.165) is 0 Å². The fourth-order valence-corrected chi connectivity index (χ4v) is 0.370. The van der Waals surface area contributed by atoms with Crippen LogP contribution >= 0.6 is 0 Å². The summed E-state index contributed by atoms with van der Waals surface area (Å²) in [5, 5.41) is 0. The van der Waals surface area contributed by atoms with Crippen LogP contribution in [0, 0.1) is 7.05 Å². The number of aromatic nitrogens is 1. The molecule has 0 aliphatic rings. The predicted molar refractivity (Wildman–Crippen MR) is 25.2 cm³/mol. The van der Waals surface area contributed by atoms with Gasteiger partial charge in [0.05, 0.1) is 0 Å². The molecule has 0 aliphatic heterocycles. The van der Waals surface area contributed by atoms with Crippen molar-refractivity contribution in [1.29, 1.82) is 0 Å². The fourth-order valence-electron chi connectivity index (χ4n) is 0.370. The van der Waals surface area contributed by atoms with Gasteiger partial charge in [-0.3, -0.25) is 0 Å². The van der Waals surface area contributed by atoms with E-state index in [1.807, 2.05) is 24.5 Å². The van der Waals surface area contributed by atoms with E-state index in [1.54, 1.807) is 4.57 Å². The van der Waals surface area contributed by atoms with E-state index in [-0.39, 0.29) is 0 Å². The summed E-state index contributed by atoms with van der Waals surface area (Å²) in [5.41, 5.74) is 0. The van der Waals surface area contributed by atoms with Crippen molar-refractivity contribution in [3.05, 3.63) is 31.6 Å². The molecule has 0 unspecified atom stereocenters. The van der Waals surface area contributed by atoms with Crippen LogP contribution in [-0.4, -0.2) is 4.57 Å². The Labute approximate surface area is 37.2 Å². The van der Waals surface area contributed by atoms with Gasteiger partial charge in [-0.25, -0.2) is 0 Å². The number of nitrogens with zero attached hydrogens (tertiary/aromatic N) is 1. The van der Waals surface area contributed by atoms with Crippen LogP contribution in [0.25, 0.3) is 0 Å². The Bertz CT molecular complexity index is 112. The van der Waals surface area contributed by atoms with E-state index in [2.05, 4.69) is 7.05 Å². The summed E-state index contributed by atoms with van der Waals surface area (Å²) < 4.78 is 1.75. The molecule has 0 saturated heterocycles. The summed E-state index contributed by atoms with van der Waals surface area (Å²) in [5.74, 6) is 0. The van der Waals surface area contributed by atoms with Gasteiger partial charge >= 0.3 is 0 Å². The van der Waals surface area contributed by atoms with E-state index in [0.29, 0.717) is 0 Å². The third-order valence-electron chi connectivity index (χ3n) is 0.666. The van der Waals surface area contributed by atoms with Crippen LogP contribution in [0.15, 0.2) is 24.5 Å². The van der Waals surface area contributed by atoms with Crippen molar-refractivity contribution in [1.82, 2.24) is 4.57 Å². The molecule has 34 valence electrons. The van der Waals surface area contributed by atoms with Gasteiger partial charge in [0.25, 0.3) is 0 Å². The predicted octanol–water partition coefficient (Wildman–Crippen LogP) is 1.13. The molecule has 0 saturated carbocycles. The average molecular weight is 347 g/mol. The van der Waals surface area contributed by atoms with Crippen molar-refractivity contribution in [3.8, 4) is 0 Å². The Morgan fingerprint density at radius 1 is 1.14 bits per heavy atom. The largest absolute Gasteiger partial charge is 0.493 e. The summed E-state index contributed by atoms with van der Waals surface area (Å²) in [7, 11) is 3.60. The molecule has 0 radical (unpaired) electrons. The molecule has 0 spiro atoms. The first kappa shape index (κ1) is 5.15. The van der Waals surface area contributed by atoms with Crippen LogP contribution in [0.4, 0.5) is 0 Å². The Hall–Kier alpha value is -1.85. The van der Waals surface area contributed by atoms with E-state index < -0.39 is 0 Å². The Balaban J connectivity index is 0.000000360. The molecule has 0 amide bonds. The first-order chi connectivity index (χ1) is 2.89. The summed E-state index contributed by atoms with van der Waals surface area (Å²) in [6.07, 6.45) is 3.78. The topological polar surface area (TPSA) is 4.93 Å². The zero-order chi connectivity index (χ0) is 4.41. The standard InChI is InChI=1S/C5H6N.Rf/c1-6-4-2-3-5-6;/h2-5H,1H2;/q-1;. The van der Waals surface area contributed by atoms with Gasteiger partial charge in [0.15, 0.2) is 0 Å². The molecular formula is C5H6NRf-. The second-order valence-corrected chi connectivity index (χ2v) is 1.20. The molecular weight excluding hydrogens is 341 g/mol. The average Bonchev–Trinajstić information content (AvgIpc) is 1.86. The van der Waals surface area contributed by atoms with Gasteiger partial charge in [-0.2, -0.15) is 0 Å².